The minimum absolute atomic E-state index is 0. The van der Waals surface area contributed by atoms with Gasteiger partial charge in [-0.3, -0.25) is 9.79 Å². The highest BCUT2D eigenvalue weighted by atomic mass is 127. The van der Waals surface area contributed by atoms with Gasteiger partial charge in [0.1, 0.15) is 12.4 Å². The number of hydrogen-bond donors (Lipinski definition) is 3. The summed E-state index contributed by atoms with van der Waals surface area (Å²) in [6.45, 7) is 6.21. The van der Waals surface area contributed by atoms with Crippen LogP contribution in [0.1, 0.15) is 18.7 Å². The summed E-state index contributed by atoms with van der Waals surface area (Å²) in [7, 11) is 0. The first kappa shape index (κ1) is 23.2. The molecule has 0 aliphatic heterocycles. The molecule has 0 bridgehead atoms. The second-order valence-corrected chi connectivity index (χ2v) is 6.61. The Hall–Kier alpha value is -1.81. The third-order valence-corrected chi connectivity index (χ3v) is 4.31. The first-order valence-corrected chi connectivity index (χ1v) is 9.60. The van der Waals surface area contributed by atoms with Gasteiger partial charge in [-0.25, -0.2) is 0 Å². The van der Waals surface area contributed by atoms with E-state index in [0.717, 1.165) is 36.9 Å². The Labute approximate surface area is 181 Å². The van der Waals surface area contributed by atoms with Gasteiger partial charge in [0.15, 0.2) is 5.96 Å². The molecule has 1 heterocycles. The van der Waals surface area contributed by atoms with Crippen molar-refractivity contribution < 1.29 is 9.53 Å². The van der Waals surface area contributed by atoms with Gasteiger partial charge in [-0.1, -0.05) is 12.1 Å². The summed E-state index contributed by atoms with van der Waals surface area (Å²) in [5.41, 5.74) is 0.728. The molecular weight excluding hydrogens is 475 g/mol. The fourth-order valence-electron chi connectivity index (χ4n) is 2.28. The minimum atomic E-state index is -0.0992. The minimum Gasteiger partial charge on any atom is -0.492 e. The molecule has 148 valence electrons. The number of nitrogens with one attached hydrogen (secondary N) is 3. The Morgan fingerprint density at radius 3 is 2.78 bits per heavy atom. The molecule has 0 unspecified atom stereocenters. The van der Waals surface area contributed by atoms with Crippen LogP contribution in [0.3, 0.4) is 0 Å². The van der Waals surface area contributed by atoms with Crippen LogP contribution in [0.4, 0.5) is 5.69 Å². The van der Waals surface area contributed by atoms with E-state index in [0.29, 0.717) is 13.2 Å². The molecule has 0 fully saturated rings. The number of anilines is 1. The Morgan fingerprint density at radius 2 is 2.07 bits per heavy atom. The molecule has 0 atom stereocenters. The van der Waals surface area contributed by atoms with E-state index < -0.39 is 0 Å². The summed E-state index contributed by atoms with van der Waals surface area (Å²) in [4.78, 5) is 17.0. The Bertz CT molecular complexity index is 707. The molecule has 27 heavy (non-hydrogen) atoms. The van der Waals surface area contributed by atoms with Crippen molar-refractivity contribution in [1.29, 1.82) is 0 Å². The second-order valence-electron chi connectivity index (χ2n) is 5.57. The van der Waals surface area contributed by atoms with Crippen LogP contribution in [0.2, 0.25) is 0 Å². The highest BCUT2D eigenvalue weighted by molar-refractivity contribution is 14.0. The van der Waals surface area contributed by atoms with Crippen molar-refractivity contribution in [2.75, 3.05) is 31.6 Å². The van der Waals surface area contributed by atoms with Crippen LogP contribution < -0.4 is 20.7 Å². The summed E-state index contributed by atoms with van der Waals surface area (Å²) < 4.78 is 5.73. The zero-order valence-corrected chi connectivity index (χ0v) is 18.8. The van der Waals surface area contributed by atoms with Gasteiger partial charge in [-0.2, -0.15) is 0 Å². The van der Waals surface area contributed by atoms with Crippen LogP contribution in [0.5, 0.6) is 5.75 Å². The molecule has 0 saturated carbocycles. The molecule has 0 aliphatic carbocycles. The van der Waals surface area contributed by atoms with Gasteiger partial charge in [0.25, 0.3) is 0 Å². The highest BCUT2D eigenvalue weighted by Crippen LogP contribution is 2.17. The SMILES string of the molecule is CCNC(=NCCc1cccs1)NCCOc1cccc(NC(C)=O)c1.I. The molecule has 0 radical (unpaired) electrons. The number of hydrogen-bond acceptors (Lipinski definition) is 4. The number of carbonyl (C=O) groups excluding carboxylic acids is 1. The molecule has 1 aromatic heterocycles. The largest absolute Gasteiger partial charge is 0.492 e. The molecule has 3 N–H and O–H groups in total. The van der Waals surface area contributed by atoms with E-state index in [1.165, 1.54) is 11.8 Å². The smallest absolute Gasteiger partial charge is 0.221 e. The van der Waals surface area contributed by atoms with Gasteiger partial charge in [0.2, 0.25) is 5.91 Å². The summed E-state index contributed by atoms with van der Waals surface area (Å²) in [6, 6.07) is 11.5. The van der Waals surface area contributed by atoms with Crippen molar-refractivity contribution in [1.82, 2.24) is 10.6 Å². The number of thiophene rings is 1. The molecule has 1 amide bonds. The predicted octanol–water partition coefficient (Wildman–Crippen LogP) is 3.50. The lowest BCUT2D eigenvalue weighted by atomic mass is 10.3. The van der Waals surface area contributed by atoms with Gasteiger partial charge in [0, 0.05) is 43.1 Å². The third kappa shape index (κ3) is 9.62. The van der Waals surface area contributed by atoms with Crippen LogP contribution in [-0.2, 0) is 11.2 Å². The van der Waals surface area contributed by atoms with Crippen molar-refractivity contribution >= 4 is 52.9 Å². The quantitative estimate of drug-likeness (QED) is 0.213. The zero-order chi connectivity index (χ0) is 18.6. The number of ether oxygens (including phenoxy) is 1. The molecule has 6 nitrogen and oxygen atoms in total. The number of benzene rings is 1. The van der Waals surface area contributed by atoms with Gasteiger partial charge >= 0.3 is 0 Å². The average Bonchev–Trinajstić information content (AvgIpc) is 3.12. The monoisotopic (exact) mass is 502 g/mol. The summed E-state index contributed by atoms with van der Waals surface area (Å²) in [5.74, 6) is 1.41. The predicted molar refractivity (Wildman–Crippen MR) is 124 cm³/mol. The van der Waals surface area contributed by atoms with Crippen molar-refractivity contribution in [3.8, 4) is 5.75 Å². The maximum absolute atomic E-state index is 11.1. The molecule has 0 spiro atoms. The Morgan fingerprint density at radius 1 is 1.22 bits per heavy atom. The lowest BCUT2D eigenvalue weighted by Crippen LogP contribution is -2.39. The second kappa shape index (κ2) is 13.4. The van der Waals surface area contributed by atoms with Gasteiger partial charge in [0.05, 0.1) is 6.54 Å². The number of guanidine groups is 1. The Kier molecular flexibility index (Phi) is 11.5. The molecule has 2 aromatic rings. The Balaban J connectivity index is 0.00000364. The number of amides is 1. The van der Waals surface area contributed by atoms with Crippen LogP contribution in [-0.4, -0.2) is 38.1 Å². The molecular formula is C19H27IN4O2S. The third-order valence-electron chi connectivity index (χ3n) is 3.37. The van der Waals surface area contributed by atoms with E-state index in [9.17, 15) is 4.79 Å². The van der Waals surface area contributed by atoms with E-state index in [1.54, 1.807) is 11.3 Å². The molecule has 2 rings (SSSR count). The highest BCUT2D eigenvalue weighted by Gasteiger charge is 2.00. The number of aliphatic imine (C=N–C) groups is 1. The van der Waals surface area contributed by atoms with Crippen LogP contribution >= 0.6 is 35.3 Å². The number of nitrogens with zero attached hydrogens (tertiary/aromatic N) is 1. The summed E-state index contributed by atoms with van der Waals surface area (Å²) >= 11 is 1.76. The van der Waals surface area contributed by atoms with Crippen molar-refractivity contribution in [2.24, 2.45) is 4.99 Å². The average molecular weight is 502 g/mol. The number of rotatable bonds is 9. The van der Waals surface area contributed by atoms with Gasteiger partial charge in [-0.15, -0.1) is 35.3 Å². The number of halogens is 1. The first-order chi connectivity index (χ1) is 12.7. The van der Waals surface area contributed by atoms with Crippen LogP contribution in [0.25, 0.3) is 0 Å². The summed E-state index contributed by atoms with van der Waals surface area (Å²) in [5, 5.41) is 11.3. The maximum atomic E-state index is 11.1. The van der Waals surface area contributed by atoms with Crippen molar-refractivity contribution in [3.05, 3.63) is 46.7 Å². The fraction of sp³-hybridized carbons (Fsp3) is 0.368. The standard InChI is InChI=1S/C19H26N4O2S.HI/c1-3-20-19(21-10-9-18-8-5-13-26-18)22-11-12-25-17-7-4-6-16(14-17)23-15(2)24;/h4-8,13-14H,3,9-12H2,1-2H3,(H,23,24)(H2,20,21,22);1H. The lowest BCUT2D eigenvalue weighted by Gasteiger charge is -2.12. The van der Waals surface area contributed by atoms with E-state index in [2.05, 4.69) is 38.5 Å². The molecule has 0 aliphatic rings. The van der Waals surface area contributed by atoms with Crippen molar-refractivity contribution in [2.45, 2.75) is 20.3 Å². The van der Waals surface area contributed by atoms with E-state index >= 15 is 0 Å². The maximum Gasteiger partial charge on any atom is 0.221 e. The topological polar surface area (TPSA) is 74.8 Å². The van der Waals surface area contributed by atoms with E-state index in [1.807, 2.05) is 31.2 Å². The normalized spacial score (nSPS) is 10.7. The van der Waals surface area contributed by atoms with Gasteiger partial charge in [-0.05, 0) is 30.5 Å². The van der Waals surface area contributed by atoms with Crippen LogP contribution in [0.15, 0.2) is 46.8 Å². The lowest BCUT2D eigenvalue weighted by molar-refractivity contribution is -0.114. The zero-order valence-electron chi connectivity index (χ0n) is 15.7. The fourth-order valence-corrected chi connectivity index (χ4v) is 2.98. The number of carbonyl (C=O) groups is 1. The van der Waals surface area contributed by atoms with Crippen molar-refractivity contribution in [3.63, 3.8) is 0 Å². The first-order valence-electron chi connectivity index (χ1n) is 8.72. The molecule has 0 saturated heterocycles. The van der Waals surface area contributed by atoms with E-state index in [-0.39, 0.29) is 29.9 Å². The molecule has 1 aromatic carbocycles. The van der Waals surface area contributed by atoms with Crippen LogP contribution in [0, 0.1) is 0 Å². The summed E-state index contributed by atoms with van der Waals surface area (Å²) in [6.07, 6.45) is 0.945. The van der Waals surface area contributed by atoms with Gasteiger partial charge < -0.3 is 20.7 Å². The molecule has 8 heteroatoms. The van der Waals surface area contributed by atoms with E-state index in [4.69, 9.17) is 4.74 Å².